The van der Waals surface area contributed by atoms with Crippen LogP contribution in [0.25, 0.3) is 0 Å². The second-order valence-electron chi connectivity index (χ2n) is 6.95. The van der Waals surface area contributed by atoms with Crippen LogP contribution in [0.5, 0.6) is 0 Å². The van der Waals surface area contributed by atoms with E-state index in [9.17, 15) is 4.79 Å². The van der Waals surface area contributed by atoms with E-state index in [4.69, 9.17) is 0 Å². The first kappa shape index (κ1) is 13.9. The number of hydrogen-bond acceptors (Lipinski definition) is 2. The first-order valence-corrected chi connectivity index (χ1v) is 7.50. The Labute approximate surface area is 111 Å². The van der Waals surface area contributed by atoms with Crippen molar-refractivity contribution in [1.29, 1.82) is 0 Å². The third-order valence-corrected chi connectivity index (χ3v) is 4.52. The van der Waals surface area contributed by atoms with E-state index in [2.05, 4.69) is 26.1 Å². The summed E-state index contributed by atoms with van der Waals surface area (Å²) >= 11 is 0. The molecule has 1 aliphatic carbocycles. The summed E-state index contributed by atoms with van der Waals surface area (Å²) in [6, 6.07) is 1.09. The van der Waals surface area contributed by atoms with Crippen LogP contribution in [-0.2, 0) is 4.79 Å². The molecule has 104 valence electrons. The quantitative estimate of drug-likeness (QED) is 0.834. The standard InChI is InChI=1S/C15H28N2O/c1-12(11-17-10-4-5-14(17)18)16-13-6-8-15(2,3)9-7-13/h12-13,16H,4-11H2,1-3H3. The van der Waals surface area contributed by atoms with Crippen LogP contribution in [0, 0.1) is 5.41 Å². The van der Waals surface area contributed by atoms with E-state index in [1.54, 1.807) is 0 Å². The number of carbonyl (C=O) groups is 1. The molecule has 1 amide bonds. The molecule has 0 aromatic rings. The Hall–Kier alpha value is -0.570. The Kier molecular flexibility index (Phi) is 4.31. The molecule has 3 nitrogen and oxygen atoms in total. The van der Waals surface area contributed by atoms with Crippen LogP contribution in [0.3, 0.4) is 0 Å². The summed E-state index contributed by atoms with van der Waals surface area (Å²) in [5.41, 5.74) is 0.534. The Bertz CT molecular complexity index is 291. The molecule has 0 aromatic heterocycles. The highest BCUT2D eigenvalue weighted by Gasteiger charge is 2.28. The molecule has 1 saturated heterocycles. The van der Waals surface area contributed by atoms with Crippen LogP contribution in [-0.4, -0.2) is 36.0 Å². The van der Waals surface area contributed by atoms with Crippen LogP contribution in [0.2, 0.25) is 0 Å². The number of amides is 1. The molecule has 1 aliphatic heterocycles. The van der Waals surface area contributed by atoms with Gasteiger partial charge in [-0.3, -0.25) is 4.79 Å². The number of carbonyl (C=O) groups excluding carboxylic acids is 1. The maximum Gasteiger partial charge on any atom is 0.222 e. The van der Waals surface area contributed by atoms with E-state index in [1.165, 1.54) is 25.7 Å². The largest absolute Gasteiger partial charge is 0.341 e. The molecule has 2 fully saturated rings. The molecule has 3 heteroatoms. The Balaban J connectivity index is 1.71. The predicted molar refractivity (Wildman–Crippen MR) is 74.4 cm³/mol. The van der Waals surface area contributed by atoms with Crippen molar-refractivity contribution in [2.75, 3.05) is 13.1 Å². The lowest BCUT2D eigenvalue weighted by molar-refractivity contribution is -0.128. The zero-order chi connectivity index (χ0) is 13.2. The summed E-state index contributed by atoms with van der Waals surface area (Å²) < 4.78 is 0. The second-order valence-corrected chi connectivity index (χ2v) is 6.95. The molecule has 0 aromatic carbocycles. The first-order chi connectivity index (χ1) is 8.46. The predicted octanol–water partition coefficient (Wildman–Crippen LogP) is 2.56. The van der Waals surface area contributed by atoms with Gasteiger partial charge in [0.25, 0.3) is 0 Å². The van der Waals surface area contributed by atoms with Gasteiger partial charge in [-0.15, -0.1) is 0 Å². The molecule has 2 rings (SSSR count). The summed E-state index contributed by atoms with van der Waals surface area (Å²) in [4.78, 5) is 13.6. The van der Waals surface area contributed by atoms with Gasteiger partial charge in [0.1, 0.15) is 0 Å². The van der Waals surface area contributed by atoms with Gasteiger partial charge >= 0.3 is 0 Å². The summed E-state index contributed by atoms with van der Waals surface area (Å²) in [6.07, 6.45) is 7.00. The molecule has 1 heterocycles. The molecule has 1 N–H and O–H groups in total. The van der Waals surface area contributed by atoms with E-state index in [0.717, 1.165) is 25.9 Å². The van der Waals surface area contributed by atoms with E-state index >= 15 is 0 Å². The zero-order valence-electron chi connectivity index (χ0n) is 12.2. The molecule has 0 spiro atoms. The highest BCUT2D eigenvalue weighted by atomic mass is 16.2. The molecule has 2 aliphatic rings. The Morgan fingerprint density at radius 3 is 2.61 bits per heavy atom. The minimum Gasteiger partial charge on any atom is -0.341 e. The monoisotopic (exact) mass is 252 g/mol. The topological polar surface area (TPSA) is 32.3 Å². The van der Waals surface area contributed by atoms with Crippen molar-refractivity contribution >= 4 is 5.91 Å². The average molecular weight is 252 g/mol. The van der Waals surface area contributed by atoms with E-state index in [0.29, 0.717) is 23.4 Å². The Morgan fingerprint density at radius 1 is 1.39 bits per heavy atom. The van der Waals surface area contributed by atoms with Crippen molar-refractivity contribution in [2.24, 2.45) is 5.41 Å². The highest BCUT2D eigenvalue weighted by molar-refractivity contribution is 5.78. The van der Waals surface area contributed by atoms with Crippen LogP contribution >= 0.6 is 0 Å². The van der Waals surface area contributed by atoms with Gasteiger partial charge in [-0.2, -0.15) is 0 Å². The smallest absolute Gasteiger partial charge is 0.222 e. The maximum absolute atomic E-state index is 11.6. The van der Waals surface area contributed by atoms with Crippen LogP contribution < -0.4 is 5.32 Å². The van der Waals surface area contributed by atoms with E-state index in [1.807, 2.05) is 4.90 Å². The van der Waals surface area contributed by atoms with Gasteiger partial charge < -0.3 is 10.2 Å². The first-order valence-electron chi connectivity index (χ1n) is 7.50. The van der Waals surface area contributed by atoms with Crippen molar-refractivity contribution in [3.05, 3.63) is 0 Å². The van der Waals surface area contributed by atoms with E-state index < -0.39 is 0 Å². The lowest BCUT2D eigenvalue weighted by Gasteiger charge is -2.36. The fourth-order valence-corrected chi connectivity index (χ4v) is 3.25. The minimum atomic E-state index is 0.341. The number of likely N-dealkylation sites (tertiary alicyclic amines) is 1. The van der Waals surface area contributed by atoms with Crippen molar-refractivity contribution in [3.63, 3.8) is 0 Å². The van der Waals surface area contributed by atoms with Crippen LogP contribution in [0.4, 0.5) is 0 Å². The Morgan fingerprint density at radius 2 is 2.06 bits per heavy atom. The molecule has 1 atom stereocenters. The van der Waals surface area contributed by atoms with Crippen molar-refractivity contribution in [3.8, 4) is 0 Å². The third kappa shape index (κ3) is 3.71. The second kappa shape index (κ2) is 5.60. The summed E-state index contributed by atoms with van der Waals surface area (Å²) in [5, 5.41) is 3.71. The number of nitrogens with one attached hydrogen (secondary N) is 1. The fourth-order valence-electron chi connectivity index (χ4n) is 3.25. The fraction of sp³-hybridized carbons (Fsp3) is 0.933. The maximum atomic E-state index is 11.6. The van der Waals surface area contributed by atoms with Gasteiger partial charge in [0.05, 0.1) is 0 Å². The molecule has 1 saturated carbocycles. The van der Waals surface area contributed by atoms with Gasteiger partial charge in [0, 0.05) is 31.6 Å². The summed E-state index contributed by atoms with van der Waals surface area (Å²) in [5.74, 6) is 0.341. The SMILES string of the molecule is CC(CN1CCCC1=O)NC1CCC(C)(C)CC1. The summed E-state index contributed by atoms with van der Waals surface area (Å²) in [7, 11) is 0. The lowest BCUT2D eigenvalue weighted by atomic mass is 9.75. The van der Waals surface area contributed by atoms with Gasteiger partial charge in [-0.25, -0.2) is 0 Å². The average Bonchev–Trinajstić information content (AvgIpc) is 2.68. The van der Waals surface area contributed by atoms with Gasteiger partial charge in [0.15, 0.2) is 0 Å². The highest BCUT2D eigenvalue weighted by Crippen LogP contribution is 2.35. The van der Waals surface area contributed by atoms with Crippen molar-refractivity contribution in [1.82, 2.24) is 10.2 Å². The van der Waals surface area contributed by atoms with Crippen LogP contribution in [0.1, 0.15) is 59.3 Å². The summed E-state index contributed by atoms with van der Waals surface area (Å²) in [6.45, 7) is 8.80. The molecule has 0 radical (unpaired) electrons. The molecule has 1 unspecified atom stereocenters. The van der Waals surface area contributed by atoms with Crippen molar-refractivity contribution < 1.29 is 4.79 Å². The normalized spacial score (nSPS) is 26.6. The van der Waals surface area contributed by atoms with E-state index in [-0.39, 0.29) is 0 Å². The number of hydrogen-bond donors (Lipinski definition) is 1. The number of rotatable bonds is 4. The molecule has 0 bridgehead atoms. The molecular formula is C15H28N2O. The zero-order valence-corrected chi connectivity index (χ0v) is 12.2. The molecule has 18 heavy (non-hydrogen) atoms. The molecular weight excluding hydrogens is 224 g/mol. The third-order valence-electron chi connectivity index (χ3n) is 4.52. The number of nitrogens with zero attached hydrogens (tertiary/aromatic N) is 1. The lowest BCUT2D eigenvalue weighted by Crippen LogP contribution is -2.46. The van der Waals surface area contributed by atoms with Gasteiger partial charge in [-0.1, -0.05) is 13.8 Å². The van der Waals surface area contributed by atoms with Gasteiger partial charge in [0.2, 0.25) is 5.91 Å². The van der Waals surface area contributed by atoms with Gasteiger partial charge in [-0.05, 0) is 44.4 Å². The van der Waals surface area contributed by atoms with Crippen molar-refractivity contribution in [2.45, 2.75) is 71.4 Å². The van der Waals surface area contributed by atoms with Crippen LogP contribution in [0.15, 0.2) is 0 Å². The minimum absolute atomic E-state index is 0.341.